The van der Waals surface area contributed by atoms with Crippen LogP contribution in [0.1, 0.15) is 40.9 Å². The average Bonchev–Trinajstić information content (AvgIpc) is 2.65. The molecule has 0 radical (unpaired) electrons. The Kier molecular flexibility index (Phi) is 7.12. The molecular formula is C20H25NO5S. The first-order valence-corrected chi connectivity index (χ1v) is 10.1. The summed E-state index contributed by atoms with van der Waals surface area (Å²) < 4.78 is 38.5. The third kappa shape index (κ3) is 5.63. The van der Waals surface area contributed by atoms with Gasteiger partial charge in [0.05, 0.1) is 30.3 Å². The van der Waals surface area contributed by atoms with Crippen molar-refractivity contribution in [1.82, 2.24) is 4.72 Å². The zero-order valence-corrected chi connectivity index (χ0v) is 16.8. The number of ether oxygens (including phenoxy) is 2. The molecule has 7 heteroatoms. The first-order chi connectivity index (χ1) is 12.7. The summed E-state index contributed by atoms with van der Waals surface area (Å²) >= 11 is 0. The lowest BCUT2D eigenvalue weighted by atomic mass is 10.1. The predicted molar refractivity (Wildman–Crippen MR) is 103 cm³/mol. The summed E-state index contributed by atoms with van der Waals surface area (Å²) in [5, 5.41) is 0. The number of aryl methyl sites for hydroxylation is 1. The van der Waals surface area contributed by atoms with Gasteiger partial charge in [-0.2, -0.15) is 0 Å². The largest absolute Gasteiger partial charge is 0.465 e. The molecule has 0 unspecified atom stereocenters. The van der Waals surface area contributed by atoms with Crippen molar-refractivity contribution in [2.24, 2.45) is 0 Å². The van der Waals surface area contributed by atoms with E-state index in [0.29, 0.717) is 12.2 Å². The predicted octanol–water partition coefficient (Wildman–Crippen LogP) is 3.19. The van der Waals surface area contributed by atoms with E-state index in [4.69, 9.17) is 4.74 Å². The molecule has 0 heterocycles. The van der Waals surface area contributed by atoms with Crippen molar-refractivity contribution in [1.29, 1.82) is 0 Å². The molecule has 27 heavy (non-hydrogen) atoms. The molecule has 0 saturated heterocycles. The molecule has 2 aromatic carbocycles. The first kappa shape index (κ1) is 21.1. The number of esters is 1. The molecule has 0 spiro atoms. The minimum absolute atomic E-state index is 0.0568. The molecule has 146 valence electrons. The van der Waals surface area contributed by atoms with Gasteiger partial charge in [0.1, 0.15) is 0 Å². The fourth-order valence-corrected chi connectivity index (χ4v) is 3.79. The maximum absolute atomic E-state index is 12.8. The Morgan fingerprint density at radius 1 is 1.11 bits per heavy atom. The van der Waals surface area contributed by atoms with Crippen LogP contribution in [0.2, 0.25) is 0 Å². The van der Waals surface area contributed by atoms with Crippen LogP contribution in [-0.4, -0.2) is 27.6 Å². The van der Waals surface area contributed by atoms with Gasteiger partial charge in [-0.3, -0.25) is 0 Å². The Morgan fingerprint density at radius 2 is 1.78 bits per heavy atom. The highest BCUT2D eigenvalue weighted by atomic mass is 32.2. The number of methoxy groups -OCH3 is 1. The molecule has 0 amide bonds. The smallest absolute Gasteiger partial charge is 0.337 e. The number of sulfonamides is 1. The molecule has 0 saturated carbocycles. The summed E-state index contributed by atoms with van der Waals surface area (Å²) in [5.41, 5.74) is 2.50. The van der Waals surface area contributed by atoms with Gasteiger partial charge in [0, 0.05) is 6.54 Å². The quantitative estimate of drug-likeness (QED) is 0.699. The molecule has 0 bridgehead atoms. The van der Waals surface area contributed by atoms with Crippen LogP contribution >= 0.6 is 0 Å². The van der Waals surface area contributed by atoms with E-state index in [1.165, 1.54) is 13.2 Å². The first-order valence-electron chi connectivity index (χ1n) is 8.61. The van der Waals surface area contributed by atoms with Crippen LogP contribution in [0.4, 0.5) is 0 Å². The second kappa shape index (κ2) is 9.12. The normalized spacial score (nSPS) is 11.6. The number of nitrogens with one attached hydrogen (secondary N) is 1. The van der Waals surface area contributed by atoms with Crippen molar-refractivity contribution in [3.8, 4) is 0 Å². The van der Waals surface area contributed by atoms with Crippen LogP contribution in [-0.2, 0) is 32.6 Å². The van der Waals surface area contributed by atoms with E-state index < -0.39 is 16.0 Å². The van der Waals surface area contributed by atoms with Crippen LogP contribution in [0.3, 0.4) is 0 Å². The standard InChI is InChI=1S/C20H25NO5S/c1-14(2)26-13-18-8-6-5-7-17(18)12-21-27(23,24)19-11-16(20(22)25-4)10-9-15(19)3/h5-11,14,21H,12-13H2,1-4H3. The molecule has 0 aliphatic carbocycles. The summed E-state index contributed by atoms with van der Waals surface area (Å²) in [4.78, 5) is 11.8. The van der Waals surface area contributed by atoms with Crippen molar-refractivity contribution in [2.75, 3.05) is 7.11 Å². The van der Waals surface area contributed by atoms with Crippen molar-refractivity contribution >= 4 is 16.0 Å². The van der Waals surface area contributed by atoms with Gasteiger partial charge in [-0.25, -0.2) is 17.9 Å². The molecule has 2 rings (SSSR count). The Hall–Kier alpha value is -2.22. The van der Waals surface area contributed by atoms with E-state index in [1.54, 1.807) is 19.1 Å². The summed E-state index contributed by atoms with van der Waals surface area (Å²) in [7, 11) is -2.55. The number of hydrogen-bond acceptors (Lipinski definition) is 5. The average molecular weight is 391 g/mol. The second-order valence-electron chi connectivity index (χ2n) is 6.42. The van der Waals surface area contributed by atoms with Gasteiger partial charge in [-0.15, -0.1) is 0 Å². The molecular weight excluding hydrogens is 366 g/mol. The van der Waals surface area contributed by atoms with Crippen LogP contribution in [0.5, 0.6) is 0 Å². The molecule has 0 atom stereocenters. The molecule has 0 aliphatic rings. The summed E-state index contributed by atoms with van der Waals surface area (Å²) in [5.74, 6) is -0.581. The Labute approximate surface area is 160 Å². The zero-order valence-electron chi connectivity index (χ0n) is 16.0. The molecule has 0 aromatic heterocycles. The maximum atomic E-state index is 12.8. The minimum Gasteiger partial charge on any atom is -0.465 e. The van der Waals surface area contributed by atoms with Crippen LogP contribution in [0, 0.1) is 6.92 Å². The Morgan fingerprint density at radius 3 is 2.41 bits per heavy atom. The topological polar surface area (TPSA) is 81.7 Å². The maximum Gasteiger partial charge on any atom is 0.337 e. The van der Waals surface area contributed by atoms with Gasteiger partial charge in [0.15, 0.2) is 0 Å². The van der Waals surface area contributed by atoms with Gasteiger partial charge in [0.2, 0.25) is 10.0 Å². The number of hydrogen-bond donors (Lipinski definition) is 1. The number of carbonyl (C=O) groups is 1. The second-order valence-corrected chi connectivity index (χ2v) is 8.16. The van der Waals surface area contributed by atoms with Gasteiger partial charge in [-0.1, -0.05) is 30.3 Å². The molecule has 0 aliphatic heterocycles. The van der Waals surface area contributed by atoms with E-state index in [2.05, 4.69) is 9.46 Å². The van der Waals surface area contributed by atoms with Crippen LogP contribution < -0.4 is 4.72 Å². The van der Waals surface area contributed by atoms with Gasteiger partial charge < -0.3 is 9.47 Å². The lowest BCUT2D eigenvalue weighted by Gasteiger charge is -2.14. The molecule has 0 fully saturated rings. The fourth-order valence-electron chi connectivity index (χ4n) is 2.51. The van der Waals surface area contributed by atoms with E-state index in [9.17, 15) is 13.2 Å². The van der Waals surface area contributed by atoms with Crippen molar-refractivity contribution in [2.45, 2.75) is 44.9 Å². The number of carbonyl (C=O) groups excluding carboxylic acids is 1. The lowest BCUT2D eigenvalue weighted by molar-refractivity contribution is 0.0600. The van der Waals surface area contributed by atoms with E-state index >= 15 is 0 Å². The van der Waals surface area contributed by atoms with Crippen LogP contribution in [0.15, 0.2) is 47.4 Å². The lowest BCUT2D eigenvalue weighted by Crippen LogP contribution is -2.25. The SMILES string of the molecule is COC(=O)c1ccc(C)c(S(=O)(=O)NCc2ccccc2COC(C)C)c1. The van der Waals surface area contributed by atoms with E-state index in [0.717, 1.165) is 11.1 Å². The highest BCUT2D eigenvalue weighted by Gasteiger charge is 2.19. The molecule has 2 aromatic rings. The van der Waals surface area contributed by atoms with Gasteiger partial charge in [0.25, 0.3) is 0 Å². The van der Waals surface area contributed by atoms with Gasteiger partial charge >= 0.3 is 5.97 Å². The summed E-state index contributed by atoms with van der Waals surface area (Å²) in [6.07, 6.45) is 0.0819. The highest BCUT2D eigenvalue weighted by Crippen LogP contribution is 2.19. The molecule has 1 N–H and O–H groups in total. The van der Waals surface area contributed by atoms with Crippen LogP contribution in [0.25, 0.3) is 0 Å². The highest BCUT2D eigenvalue weighted by molar-refractivity contribution is 7.89. The van der Waals surface area contributed by atoms with Crippen molar-refractivity contribution in [3.05, 3.63) is 64.7 Å². The van der Waals surface area contributed by atoms with E-state index in [-0.39, 0.29) is 23.1 Å². The third-order valence-electron chi connectivity index (χ3n) is 4.04. The number of benzene rings is 2. The third-order valence-corrected chi connectivity index (χ3v) is 5.59. The van der Waals surface area contributed by atoms with Crippen molar-refractivity contribution in [3.63, 3.8) is 0 Å². The van der Waals surface area contributed by atoms with Crippen molar-refractivity contribution < 1.29 is 22.7 Å². The molecule has 6 nitrogen and oxygen atoms in total. The zero-order chi connectivity index (χ0) is 20.0. The minimum atomic E-state index is -3.80. The fraction of sp³-hybridized carbons (Fsp3) is 0.350. The summed E-state index contributed by atoms with van der Waals surface area (Å²) in [6, 6.07) is 12.0. The van der Waals surface area contributed by atoms with E-state index in [1.807, 2.05) is 38.1 Å². The monoisotopic (exact) mass is 391 g/mol. The Balaban J connectivity index is 2.22. The Bertz CT molecular complexity index is 906. The number of rotatable bonds is 8. The van der Waals surface area contributed by atoms with Gasteiger partial charge in [-0.05, 0) is 49.6 Å². The summed E-state index contributed by atoms with van der Waals surface area (Å²) in [6.45, 7) is 6.11.